The number of allylic oxidation sites excluding steroid dienone is 1. The van der Waals surface area contributed by atoms with Gasteiger partial charge in [-0.3, -0.25) is 4.79 Å². The van der Waals surface area contributed by atoms with Gasteiger partial charge < -0.3 is 8.85 Å². The summed E-state index contributed by atoms with van der Waals surface area (Å²) in [7, 11) is -3.83. The van der Waals surface area contributed by atoms with Crippen molar-refractivity contribution >= 4 is 22.9 Å². The lowest BCUT2D eigenvalue weighted by atomic mass is 10.0. The molecule has 5 heteroatoms. The van der Waals surface area contributed by atoms with E-state index in [-0.39, 0.29) is 28.2 Å². The Hall–Kier alpha value is -0.756. The predicted molar refractivity (Wildman–Crippen MR) is 132 cm³/mol. The lowest BCUT2D eigenvalue weighted by molar-refractivity contribution is -0.104. The first-order chi connectivity index (χ1) is 13.0. The van der Waals surface area contributed by atoms with E-state index >= 15 is 0 Å². The molecule has 0 heterocycles. The van der Waals surface area contributed by atoms with Crippen LogP contribution in [0, 0.1) is 5.92 Å². The molecule has 0 radical (unpaired) electrons. The summed E-state index contributed by atoms with van der Waals surface area (Å²) >= 11 is 0. The normalized spacial score (nSPS) is 17.5. The molecular formula is C24H46O3Si2. The minimum Gasteiger partial charge on any atom is -0.410 e. The minimum atomic E-state index is -1.96. The van der Waals surface area contributed by atoms with E-state index in [2.05, 4.69) is 93.4 Å². The number of hydrogen-bond donors (Lipinski definition) is 0. The number of hydrogen-bond acceptors (Lipinski definition) is 3. The molecule has 0 spiro atoms. The first-order valence-electron chi connectivity index (χ1n) is 10.8. The van der Waals surface area contributed by atoms with Gasteiger partial charge in [-0.2, -0.15) is 0 Å². The van der Waals surface area contributed by atoms with Gasteiger partial charge >= 0.3 is 0 Å². The van der Waals surface area contributed by atoms with Crippen LogP contribution in [0.4, 0.5) is 0 Å². The van der Waals surface area contributed by atoms with E-state index in [1.54, 1.807) is 6.08 Å². The van der Waals surface area contributed by atoms with Gasteiger partial charge in [0.15, 0.2) is 16.6 Å². The molecule has 3 atom stereocenters. The van der Waals surface area contributed by atoms with Crippen molar-refractivity contribution in [3.8, 4) is 0 Å². The Labute approximate surface area is 182 Å². The zero-order valence-electron chi connectivity index (χ0n) is 20.8. The summed E-state index contributed by atoms with van der Waals surface area (Å²) in [6, 6.07) is 0. The molecule has 0 fully saturated rings. The van der Waals surface area contributed by atoms with Crippen LogP contribution in [-0.2, 0) is 13.6 Å². The highest BCUT2D eigenvalue weighted by Gasteiger charge is 2.40. The Morgan fingerprint density at radius 2 is 1.34 bits per heavy atom. The zero-order chi connectivity index (χ0) is 23.1. The van der Waals surface area contributed by atoms with Crippen LogP contribution < -0.4 is 0 Å². The Kier molecular flexibility index (Phi) is 10.7. The maximum atomic E-state index is 10.9. The Morgan fingerprint density at radius 1 is 0.862 bits per heavy atom. The third-order valence-corrected chi connectivity index (χ3v) is 15.4. The second-order valence-corrected chi connectivity index (χ2v) is 20.6. The zero-order valence-corrected chi connectivity index (χ0v) is 22.8. The van der Waals surface area contributed by atoms with Crippen LogP contribution >= 0.6 is 0 Å². The highest BCUT2D eigenvalue weighted by atomic mass is 28.4. The maximum Gasteiger partial charge on any atom is 0.192 e. The van der Waals surface area contributed by atoms with Gasteiger partial charge in [0, 0.05) is 5.92 Å². The summed E-state index contributed by atoms with van der Waals surface area (Å²) in [6.45, 7) is 28.5. The smallest absolute Gasteiger partial charge is 0.192 e. The molecule has 0 aliphatic heterocycles. The van der Waals surface area contributed by atoms with Crippen LogP contribution in [0.5, 0.6) is 0 Å². The summed E-state index contributed by atoms with van der Waals surface area (Å²) in [6.07, 6.45) is 11.2. The second-order valence-electron chi connectivity index (χ2n) is 11.0. The number of aldehydes is 1. The van der Waals surface area contributed by atoms with Crippen molar-refractivity contribution < 1.29 is 13.6 Å². The number of rotatable bonds is 11. The third-order valence-electron chi connectivity index (χ3n) is 6.41. The summed E-state index contributed by atoms with van der Waals surface area (Å²) in [5.41, 5.74) is 0. The maximum absolute atomic E-state index is 10.9. The topological polar surface area (TPSA) is 35.5 Å². The van der Waals surface area contributed by atoms with Crippen molar-refractivity contribution in [2.75, 3.05) is 0 Å². The largest absolute Gasteiger partial charge is 0.410 e. The first-order valence-corrected chi connectivity index (χ1v) is 16.6. The average molecular weight is 439 g/mol. The van der Waals surface area contributed by atoms with Gasteiger partial charge in [-0.25, -0.2) is 0 Å². The van der Waals surface area contributed by atoms with Gasteiger partial charge in [-0.05, 0) is 48.8 Å². The molecule has 168 valence electrons. The molecule has 29 heavy (non-hydrogen) atoms. The molecule has 0 aromatic carbocycles. The Bertz CT molecular complexity index is 578. The van der Waals surface area contributed by atoms with Crippen molar-refractivity contribution in [1.82, 2.24) is 0 Å². The quantitative estimate of drug-likeness (QED) is 0.147. The standard InChI is InChI=1S/C24H46O3Si2/c1-13-15-21(26-28(9,10)23(3,4)5)18-17-20(2)22(16-14-19-25)27-29(11,12)24(6,7)8/h13-14,16-22H,1,15H2,2-12H3/b16-14+,18-17?/t20-,21-,22-/m1/s1. The van der Waals surface area contributed by atoms with Crippen LogP contribution in [0.15, 0.2) is 37.0 Å². The predicted octanol–water partition coefficient (Wildman–Crippen LogP) is 7.29. The Balaban J connectivity index is 5.54. The summed E-state index contributed by atoms with van der Waals surface area (Å²) in [4.78, 5) is 10.9. The minimum absolute atomic E-state index is 0.0133. The molecule has 0 N–H and O–H groups in total. The van der Waals surface area contributed by atoms with E-state index in [0.717, 1.165) is 12.7 Å². The van der Waals surface area contributed by atoms with E-state index < -0.39 is 16.6 Å². The van der Waals surface area contributed by atoms with E-state index in [4.69, 9.17) is 8.85 Å². The number of carbonyl (C=O) groups excluding carboxylic acids is 1. The van der Waals surface area contributed by atoms with E-state index in [1.165, 1.54) is 0 Å². The van der Waals surface area contributed by atoms with Crippen LogP contribution in [0.2, 0.25) is 36.3 Å². The molecular weight excluding hydrogens is 392 g/mol. The van der Waals surface area contributed by atoms with Gasteiger partial charge in [0.25, 0.3) is 0 Å². The summed E-state index contributed by atoms with van der Waals surface area (Å²) in [5.74, 6) is 0.135. The van der Waals surface area contributed by atoms with E-state index in [9.17, 15) is 4.79 Å². The van der Waals surface area contributed by atoms with Crippen molar-refractivity contribution in [2.45, 2.75) is 103 Å². The molecule has 0 bridgehead atoms. The van der Waals surface area contributed by atoms with Gasteiger partial charge in [0.05, 0.1) is 12.2 Å². The first kappa shape index (κ1) is 28.2. The second kappa shape index (κ2) is 11.0. The molecule has 0 aliphatic rings. The van der Waals surface area contributed by atoms with Crippen molar-refractivity contribution in [3.63, 3.8) is 0 Å². The fraction of sp³-hybridized carbons (Fsp3) is 0.708. The van der Waals surface area contributed by atoms with E-state index in [1.807, 2.05) is 12.2 Å². The van der Waals surface area contributed by atoms with Crippen molar-refractivity contribution in [2.24, 2.45) is 5.92 Å². The number of carbonyl (C=O) groups is 1. The summed E-state index contributed by atoms with van der Waals surface area (Å²) in [5, 5.41) is 0.271. The van der Waals surface area contributed by atoms with Crippen LogP contribution in [-0.4, -0.2) is 35.1 Å². The molecule has 0 aromatic heterocycles. The monoisotopic (exact) mass is 438 g/mol. The molecule has 0 unspecified atom stereocenters. The van der Waals surface area contributed by atoms with Crippen molar-refractivity contribution in [1.29, 1.82) is 0 Å². The van der Waals surface area contributed by atoms with E-state index in [0.29, 0.717) is 0 Å². The fourth-order valence-corrected chi connectivity index (χ4v) is 4.90. The molecule has 0 saturated heterocycles. The van der Waals surface area contributed by atoms with Gasteiger partial charge in [0.2, 0.25) is 0 Å². The van der Waals surface area contributed by atoms with Crippen LogP contribution in [0.25, 0.3) is 0 Å². The van der Waals surface area contributed by atoms with Gasteiger partial charge in [-0.15, -0.1) is 6.58 Å². The lowest BCUT2D eigenvalue weighted by Gasteiger charge is -2.40. The molecule has 0 amide bonds. The molecule has 0 aromatic rings. The lowest BCUT2D eigenvalue weighted by Crippen LogP contribution is -2.45. The van der Waals surface area contributed by atoms with Gasteiger partial charge in [-0.1, -0.05) is 72.8 Å². The van der Waals surface area contributed by atoms with Crippen LogP contribution in [0.1, 0.15) is 54.9 Å². The highest BCUT2D eigenvalue weighted by Crippen LogP contribution is 2.39. The summed E-state index contributed by atoms with van der Waals surface area (Å²) < 4.78 is 13.2. The molecule has 0 saturated carbocycles. The Morgan fingerprint density at radius 3 is 1.76 bits per heavy atom. The van der Waals surface area contributed by atoms with Crippen molar-refractivity contribution in [3.05, 3.63) is 37.0 Å². The molecule has 0 aliphatic carbocycles. The highest BCUT2D eigenvalue weighted by molar-refractivity contribution is 6.74. The van der Waals surface area contributed by atoms with Crippen LogP contribution in [0.3, 0.4) is 0 Å². The van der Waals surface area contributed by atoms with Gasteiger partial charge in [0.1, 0.15) is 6.29 Å². The SMILES string of the molecule is C=CC[C@H](C=C[C@@H](C)[C@@H](/C=C/C=O)O[Si](C)(C)C(C)(C)C)O[Si](C)(C)C(C)(C)C. The molecule has 0 rings (SSSR count). The third kappa shape index (κ3) is 9.28. The fourth-order valence-electron chi connectivity index (χ4n) is 2.29. The molecule has 3 nitrogen and oxygen atoms in total. The average Bonchev–Trinajstić information content (AvgIpc) is 2.53.